The first-order valence-electron chi connectivity index (χ1n) is 8.13. The number of benzene rings is 1. The van der Waals surface area contributed by atoms with Gasteiger partial charge in [0.2, 0.25) is 15.9 Å². The highest BCUT2D eigenvalue weighted by Gasteiger charge is 2.14. The molecule has 0 bridgehead atoms. The number of thiocarbonyl (C=S) groups is 1. The highest BCUT2D eigenvalue weighted by Crippen LogP contribution is 2.14. The van der Waals surface area contributed by atoms with E-state index in [1.165, 1.54) is 18.4 Å². The number of nitrogens with one attached hydrogen (secondary N) is 3. The maximum Gasteiger partial charge on any atom is 0.240 e. The van der Waals surface area contributed by atoms with E-state index in [4.69, 9.17) is 16.6 Å². The number of anilines is 1. The number of rotatable bonds is 8. The van der Waals surface area contributed by atoms with Gasteiger partial charge in [-0.15, -0.1) is 0 Å². The fourth-order valence-corrected chi connectivity index (χ4v) is 3.29. The van der Waals surface area contributed by atoms with E-state index in [-0.39, 0.29) is 22.5 Å². The first kappa shape index (κ1) is 20.1. The van der Waals surface area contributed by atoms with Crippen LogP contribution in [-0.4, -0.2) is 19.4 Å². The molecule has 1 aromatic carbocycles. The van der Waals surface area contributed by atoms with Crippen LogP contribution in [0.1, 0.15) is 31.9 Å². The average Bonchev–Trinajstić information content (AvgIpc) is 3.12. The molecule has 1 amide bonds. The van der Waals surface area contributed by atoms with Crippen LogP contribution < -0.4 is 15.4 Å². The van der Waals surface area contributed by atoms with Gasteiger partial charge in [0.1, 0.15) is 5.76 Å². The van der Waals surface area contributed by atoms with E-state index >= 15 is 0 Å². The summed E-state index contributed by atoms with van der Waals surface area (Å²) in [6.45, 7) is 2.08. The van der Waals surface area contributed by atoms with Gasteiger partial charge < -0.3 is 15.1 Å². The predicted molar refractivity (Wildman–Crippen MR) is 103 cm³/mol. The van der Waals surface area contributed by atoms with Gasteiger partial charge in [-0.1, -0.05) is 13.3 Å². The van der Waals surface area contributed by atoms with Crippen molar-refractivity contribution in [3.63, 3.8) is 0 Å². The summed E-state index contributed by atoms with van der Waals surface area (Å²) < 4.78 is 32.1. The fourth-order valence-electron chi connectivity index (χ4n) is 2.07. The summed E-state index contributed by atoms with van der Waals surface area (Å²) in [6.07, 6.45) is 3.62. The Bertz CT molecular complexity index is 831. The summed E-state index contributed by atoms with van der Waals surface area (Å²) in [5.41, 5.74) is 0.579. The molecule has 26 heavy (non-hydrogen) atoms. The van der Waals surface area contributed by atoms with Gasteiger partial charge in [-0.25, -0.2) is 13.1 Å². The van der Waals surface area contributed by atoms with Crippen molar-refractivity contribution in [2.24, 2.45) is 0 Å². The monoisotopic (exact) mass is 395 g/mol. The fraction of sp³-hybridized carbons (Fsp3) is 0.294. The number of hydrogen-bond acceptors (Lipinski definition) is 5. The molecule has 0 atom stereocenters. The standard InChI is InChI=1S/C17H21N3O4S2/c1-2-3-6-16(21)20-17(25)19-13-7-9-15(10-8-13)26(22,23)18-12-14-5-4-11-24-14/h4-5,7-11,18H,2-3,6,12H2,1H3,(H2,19,20,21,25). The van der Waals surface area contributed by atoms with Gasteiger partial charge in [-0.2, -0.15) is 0 Å². The second-order valence-electron chi connectivity index (χ2n) is 5.53. The van der Waals surface area contributed by atoms with E-state index in [2.05, 4.69) is 15.4 Å². The molecule has 2 aromatic rings. The highest BCUT2D eigenvalue weighted by atomic mass is 32.2. The zero-order valence-corrected chi connectivity index (χ0v) is 16.0. The molecular weight excluding hydrogens is 374 g/mol. The average molecular weight is 396 g/mol. The predicted octanol–water partition coefficient (Wildman–Crippen LogP) is 2.76. The molecule has 0 radical (unpaired) electrons. The van der Waals surface area contributed by atoms with Gasteiger partial charge in [-0.05, 0) is 55.0 Å². The highest BCUT2D eigenvalue weighted by molar-refractivity contribution is 7.89. The number of unbranched alkanes of at least 4 members (excludes halogenated alkanes) is 1. The molecule has 0 fully saturated rings. The zero-order chi connectivity index (χ0) is 19.0. The number of sulfonamides is 1. The Balaban J connectivity index is 1.90. The maximum atomic E-state index is 12.3. The summed E-state index contributed by atoms with van der Waals surface area (Å²) in [7, 11) is -3.65. The van der Waals surface area contributed by atoms with Crippen molar-refractivity contribution in [2.75, 3.05) is 5.32 Å². The van der Waals surface area contributed by atoms with Gasteiger partial charge in [-0.3, -0.25) is 4.79 Å². The molecule has 140 valence electrons. The molecule has 0 aliphatic rings. The Kier molecular flexibility index (Phi) is 7.31. The Morgan fingerprint density at radius 1 is 1.19 bits per heavy atom. The van der Waals surface area contributed by atoms with Gasteiger partial charge >= 0.3 is 0 Å². The topological polar surface area (TPSA) is 100 Å². The van der Waals surface area contributed by atoms with Crippen molar-refractivity contribution in [1.29, 1.82) is 0 Å². The van der Waals surface area contributed by atoms with Crippen molar-refractivity contribution < 1.29 is 17.6 Å². The van der Waals surface area contributed by atoms with Crippen LogP contribution in [0.5, 0.6) is 0 Å². The third-order valence-electron chi connectivity index (χ3n) is 3.45. The maximum absolute atomic E-state index is 12.3. The zero-order valence-electron chi connectivity index (χ0n) is 14.3. The third-order valence-corrected chi connectivity index (χ3v) is 5.07. The first-order valence-corrected chi connectivity index (χ1v) is 10.0. The molecule has 9 heteroatoms. The van der Waals surface area contributed by atoms with Crippen molar-refractivity contribution in [3.05, 3.63) is 48.4 Å². The molecule has 0 aliphatic heterocycles. The van der Waals surface area contributed by atoms with Crippen LogP contribution in [0.15, 0.2) is 52.0 Å². The van der Waals surface area contributed by atoms with E-state index in [0.29, 0.717) is 17.9 Å². The number of carbonyl (C=O) groups is 1. The molecule has 0 spiro atoms. The van der Waals surface area contributed by atoms with Crippen molar-refractivity contribution in [2.45, 2.75) is 37.6 Å². The molecule has 0 saturated carbocycles. The summed E-state index contributed by atoms with van der Waals surface area (Å²) in [4.78, 5) is 11.7. The van der Waals surface area contributed by atoms with E-state index in [9.17, 15) is 13.2 Å². The Morgan fingerprint density at radius 3 is 2.54 bits per heavy atom. The minimum Gasteiger partial charge on any atom is -0.468 e. The summed E-state index contributed by atoms with van der Waals surface area (Å²) in [5, 5.41) is 5.61. The lowest BCUT2D eigenvalue weighted by atomic mass is 10.2. The molecule has 2 rings (SSSR count). The molecule has 3 N–H and O–H groups in total. The van der Waals surface area contributed by atoms with Gasteiger partial charge in [0.15, 0.2) is 5.11 Å². The van der Waals surface area contributed by atoms with Crippen LogP contribution in [0.25, 0.3) is 0 Å². The van der Waals surface area contributed by atoms with Crippen LogP contribution in [-0.2, 0) is 21.4 Å². The van der Waals surface area contributed by atoms with Crippen molar-refractivity contribution >= 4 is 38.9 Å². The Morgan fingerprint density at radius 2 is 1.92 bits per heavy atom. The lowest BCUT2D eigenvalue weighted by molar-refractivity contribution is -0.119. The van der Waals surface area contributed by atoms with E-state index in [0.717, 1.165) is 12.8 Å². The van der Waals surface area contributed by atoms with Crippen LogP contribution in [0.3, 0.4) is 0 Å². The van der Waals surface area contributed by atoms with Crippen LogP contribution >= 0.6 is 12.2 Å². The molecule has 7 nitrogen and oxygen atoms in total. The van der Waals surface area contributed by atoms with Crippen LogP contribution in [0.2, 0.25) is 0 Å². The molecule has 0 unspecified atom stereocenters. The van der Waals surface area contributed by atoms with Crippen molar-refractivity contribution in [3.8, 4) is 0 Å². The number of amides is 1. The SMILES string of the molecule is CCCCC(=O)NC(=S)Nc1ccc(S(=O)(=O)NCc2ccco2)cc1. The third kappa shape index (κ3) is 6.25. The second kappa shape index (κ2) is 9.46. The minimum atomic E-state index is -3.65. The summed E-state index contributed by atoms with van der Waals surface area (Å²) >= 11 is 5.07. The molecule has 1 aromatic heterocycles. The smallest absolute Gasteiger partial charge is 0.240 e. The quantitative estimate of drug-likeness (QED) is 0.594. The normalized spacial score (nSPS) is 11.1. The Labute approximate surface area is 158 Å². The van der Waals surface area contributed by atoms with Gasteiger partial charge in [0.25, 0.3) is 0 Å². The second-order valence-corrected chi connectivity index (χ2v) is 7.71. The lowest BCUT2D eigenvalue weighted by Crippen LogP contribution is -2.33. The molecule has 0 aliphatic carbocycles. The molecule has 0 saturated heterocycles. The lowest BCUT2D eigenvalue weighted by Gasteiger charge is -2.10. The van der Waals surface area contributed by atoms with E-state index < -0.39 is 10.0 Å². The first-order chi connectivity index (χ1) is 12.4. The van der Waals surface area contributed by atoms with E-state index in [1.807, 2.05) is 6.92 Å². The van der Waals surface area contributed by atoms with E-state index in [1.54, 1.807) is 24.3 Å². The minimum absolute atomic E-state index is 0.0726. The van der Waals surface area contributed by atoms with Gasteiger partial charge in [0.05, 0.1) is 17.7 Å². The Hall–Kier alpha value is -2.23. The summed E-state index contributed by atoms with van der Waals surface area (Å²) in [6, 6.07) is 9.43. The largest absolute Gasteiger partial charge is 0.468 e. The van der Waals surface area contributed by atoms with Crippen LogP contribution in [0.4, 0.5) is 5.69 Å². The number of hydrogen-bond donors (Lipinski definition) is 3. The van der Waals surface area contributed by atoms with Crippen molar-refractivity contribution in [1.82, 2.24) is 10.0 Å². The number of furan rings is 1. The van der Waals surface area contributed by atoms with Gasteiger partial charge in [0, 0.05) is 12.1 Å². The molecular formula is C17H21N3O4S2. The number of carbonyl (C=O) groups excluding carboxylic acids is 1. The summed E-state index contributed by atoms with van der Waals surface area (Å²) in [5.74, 6) is 0.377. The molecule has 1 heterocycles. The van der Waals surface area contributed by atoms with Crippen LogP contribution in [0, 0.1) is 0 Å².